The molecule has 0 radical (unpaired) electrons. The molecule has 0 aliphatic heterocycles. The van der Waals surface area contributed by atoms with Gasteiger partial charge in [-0.2, -0.15) is 0 Å². The molecule has 0 fully saturated rings. The molecule has 2 N–H and O–H groups in total. The molecule has 362 valence electrons. The average molecular weight is 933 g/mol. The first-order valence-electron chi connectivity index (χ1n) is 24.8. The van der Waals surface area contributed by atoms with E-state index < -0.39 is 0 Å². The number of allylic oxidation sites excluding steroid dienone is 22. The fourth-order valence-corrected chi connectivity index (χ4v) is 7.37. The summed E-state index contributed by atoms with van der Waals surface area (Å²) in [6.45, 7) is 29.9. The SMILES string of the molecule is C=C/C=C\CC=CC(=C)/C=C\C=C/N(/C(=C/C)c1ccccc1C(=C)c1ccccc1N)c1ccc(-c2ccc(C3=CC=CCC3)cc2)cc1.C=C\C=C/C=C\C(C=C)=C\Cc1ccccc1.CC.CC. The number of nitrogens with zero attached hydrogens (tertiary/aromatic N) is 1. The molecule has 0 saturated heterocycles. The van der Waals surface area contributed by atoms with Crippen LogP contribution in [0.1, 0.15) is 81.7 Å². The lowest BCUT2D eigenvalue weighted by Gasteiger charge is -2.26. The van der Waals surface area contributed by atoms with Gasteiger partial charge in [0.05, 0.1) is 0 Å². The summed E-state index contributed by atoms with van der Waals surface area (Å²) in [6.07, 6.45) is 44.4. The predicted octanol–water partition coefficient (Wildman–Crippen LogP) is 19.6. The quantitative estimate of drug-likeness (QED) is 0.0622. The average Bonchev–Trinajstić information content (AvgIpc) is 3.43. The first kappa shape index (κ1) is 57.1. The fraction of sp³-hybridized carbons (Fsp3) is 0.130. The van der Waals surface area contributed by atoms with Crippen molar-refractivity contribution >= 4 is 28.2 Å². The summed E-state index contributed by atoms with van der Waals surface area (Å²) in [6, 6.07) is 44.3. The van der Waals surface area contributed by atoms with E-state index in [0.717, 1.165) is 70.5 Å². The molecule has 0 saturated carbocycles. The highest BCUT2D eigenvalue weighted by Crippen LogP contribution is 2.36. The van der Waals surface area contributed by atoms with Crippen molar-refractivity contribution in [3.63, 3.8) is 0 Å². The molecule has 6 rings (SSSR count). The molecule has 0 heterocycles. The third kappa shape index (κ3) is 19.4. The molecule has 1 aliphatic carbocycles. The first-order valence-corrected chi connectivity index (χ1v) is 24.8. The molecule has 0 bridgehead atoms. The van der Waals surface area contributed by atoms with Gasteiger partial charge in [-0.25, -0.2) is 0 Å². The Morgan fingerprint density at radius 3 is 1.83 bits per heavy atom. The minimum absolute atomic E-state index is 0.707. The Labute approximate surface area is 429 Å². The third-order valence-corrected chi connectivity index (χ3v) is 10.9. The molecule has 0 unspecified atom stereocenters. The van der Waals surface area contributed by atoms with Crippen molar-refractivity contribution in [2.75, 3.05) is 10.6 Å². The van der Waals surface area contributed by atoms with E-state index in [1.807, 2.05) is 119 Å². The van der Waals surface area contributed by atoms with Crippen LogP contribution in [0.4, 0.5) is 11.4 Å². The summed E-state index contributed by atoms with van der Waals surface area (Å²) in [5.41, 5.74) is 21.5. The van der Waals surface area contributed by atoms with E-state index in [4.69, 9.17) is 5.73 Å². The summed E-state index contributed by atoms with van der Waals surface area (Å²) >= 11 is 0. The minimum atomic E-state index is 0.707. The van der Waals surface area contributed by atoms with Crippen LogP contribution in [-0.2, 0) is 6.42 Å². The van der Waals surface area contributed by atoms with Gasteiger partial charge in [-0.1, -0.05) is 279 Å². The second kappa shape index (κ2) is 34.1. The summed E-state index contributed by atoms with van der Waals surface area (Å²) in [5, 5.41) is 0. The number of hydrogen-bond acceptors (Lipinski definition) is 2. The standard InChI is InChI=1S/C48H46N2.C17H18.2C2H6/c1-5-7-8-9-11-20-37(3)21-18-19-36-50(48(6-2)46-26-15-14-24-44(46)38(4)45-25-16-17-27-47(45)49)43-34-32-42(33-35-43)41-30-28-40(29-31-41)39-22-12-10-13-23-39;1-3-5-6-8-11-16(4-2)14-15-17-12-9-7-10-13-17;2*1-2/h5-8,10-12,14-22,24-36H,1,3-4,9,13,23,49H2,2H3;3-14H,1-2,15H2;2*1-2H3/b8-7-,20-11?,21-18-,36-19-,48-6+;6-5-,11-8-,16-14+;;. The summed E-state index contributed by atoms with van der Waals surface area (Å²) < 4.78 is 0. The lowest BCUT2D eigenvalue weighted by Crippen LogP contribution is -2.15. The zero-order valence-corrected chi connectivity index (χ0v) is 43.1. The Morgan fingerprint density at radius 2 is 1.21 bits per heavy atom. The molecule has 0 spiro atoms. The Hall–Kier alpha value is -8.20. The van der Waals surface area contributed by atoms with Crippen LogP contribution >= 0.6 is 0 Å². The number of hydrogen-bond donors (Lipinski definition) is 1. The van der Waals surface area contributed by atoms with Crippen LogP contribution in [0.5, 0.6) is 0 Å². The van der Waals surface area contributed by atoms with Crippen molar-refractivity contribution in [1.82, 2.24) is 0 Å². The number of para-hydroxylation sites is 1. The molecule has 5 aromatic rings. The molecule has 5 aromatic carbocycles. The lowest BCUT2D eigenvalue weighted by atomic mass is 9.92. The summed E-state index contributed by atoms with van der Waals surface area (Å²) in [5.74, 6) is 0. The Balaban J connectivity index is 0.000000532. The third-order valence-electron chi connectivity index (χ3n) is 10.9. The van der Waals surface area contributed by atoms with Crippen LogP contribution < -0.4 is 10.6 Å². The van der Waals surface area contributed by atoms with Crippen molar-refractivity contribution in [1.29, 1.82) is 0 Å². The van der Waals surface area contributed by atoms with Gasteiger partial charge in [-0.05, 0) is 107 Å². The largest absolute Gasteiger partial charge is 0.398 e. The van der Waals surface area contributed by atoms with Crippen LogP contribution in [0, 0.1) is 0 Å². The Morgan fingerprint density at radius 1 is 0.606 bits per heavy atom. The van der Waals surface area contributed by atoms with Gasteiger partial charge >= 0.3 is 0 Å². The van der Waals surface area contributed by atoms with E-state index >= 15 is 0 Å². The first-order chi connectivity index (χ1) is 34.9. The zero-order chi connectivity index (χ0) is 51.5. The highest BCUT2D eigenvalue weighted by molar-refractivity contribution is 5.93. The molecule has 0 amide bonds. The van der Waals surface area contributed by atoms with Crippen molar-refractivity contribution in [2.45, 2.75) is 60.3 Å². The van der Waals surface area contributed by atoms with Crippen LogP contribution in [0.3, 0.4) is 0 Å². The molecular formula is C69H76N2. The molecule has 71 heavy (non-hydrogen) atoms. The minimum Gasteiger partial charge on any atom is -0.398 e. The topological polar surface area (TPSA) is 29.3 Å². The van der Waals surface area contributed by atoms with E-state index in [1.165, 1.54) is 27.8 Å². The van der Waals surface area contributed by atoms with Gasteiger partial charge in [0.25, 0.3) is 0 Å². The Kier molecular flexibility index (Phi) is 27.5. The second-order valence-corrected chi connectivity index (χ2v) is 15.6. The van der Waals surface area contributed by atoms with Crippen molar-refractivity contribution in [3.05, 3.63) is 321 Å². The number of anilines is 2. The van der Waals surface area contributed by atoms with Gasteiger partial charge in [-0.3, -0.25) is 0 Å². The van der Waals surface area contributed by atoms with Crippen LogP contribution in [0.2, 0.25) is 0 Å². The van der Waals surface area contributed by atoms with Crippen molar-refractivity contribution < 1.29 is 0 Å². The van der Waals surface area contributed by atoms with E-state index in [2.05, 4.69) is 191 Å². The number of nitrogen functional groups attached to an aromatic ring is 1. The van der Waals surface area contributed by atoms with Gasteiger partial charge in [0.2, 0.25) is 0 Å². The number of nitrogens with two attached hydrogens (primary N) is 1. The normalized spacial score (nSPS) is 12.5. The fourth-order valence-electron chi connectivity index (χ4n) is 7.37. The number of rotatable bonds is 20. The second-order valence-electron chi connectivity index (χ2n) is 15.6. The van der Waals surface area contributed by atoms with Crippen molar-refractivity contribution in [3.8, 4) is 11.1 Å². The molecule has 1 aliphatic rings. The van der Waals surface area contributed by atoms with Crippen molar-refractivity contribution in [2.24, 2.45) is 0 Å². The van der Waals surface area contributed by atoms with Gasteiger partial charge < -0.3 is 10.6 Å². The van der Waals surface area contributed by atoms with Crippen LogP contribution in [0.15, 0.2) is 293 Å². The summed E-state index contributed by atoms with van der Waals surface area (Å²) in [4.78, 5) is 2.22. The molecule has 0 atom stereocenters. The maximum absolute atomic E-state index is 6.40. The van der Waals surface area contributed by atoms with E-state index in [-0.39, 0.29) is 0 Å². The monoisotopic (exact) mass is 933 g/mol. The maximum Gasteiger partial charge on any atom is 0.0491 e. The van der Waals surface area contributed by atoms with Gasteiger partial charge in [0.1, 0.15) is 0 Å². The molecule has 2 nitrogen and oxygen atoms in total. The molecular weight excluding hydrogens is 857 g/mol. The highest BCUT2D eigenvalue weighted by Gasteiger charge is 2.18. The van der Waals surface area contributed by atoms with Crippen LogP contribution in [-0.4, -0.2) is 0 Å². The van der Waals surface area contributed by atoms with Gasteiger partial charge in [0, 0.05) is 34.4 Å². The van der Waals surface area contributed by atoms with E-state index in [1.54, 1.807) is 12.2 Å². The van der Waals surface area contributed by atoms with E-state index in [9.17, 15) is 0 Å². The van der Waals surface area contributed by atoms with Gasteiger partial charge in [-0.15, -0.1) is 0 Å². The number of benzene rings is 5. The smallest absolute Gasteiger partial charge is 0.0491 e. The maximum atomic E-state index is 6.40. The van der Waals surface area contributed by atoms with Gasteiger partial charge in [0.15, 0.2) is 0 Å². The predicted molar refractivity (Wildman–Crippen MR) is 320 cm³/mol. The van der Waals surface area contributed by atoms with E-state index in [0.29, 0.717) is 5.69 Å². The molecule has 2 heteroatoms. The zero-order valence-electron chi connectivity index (χ0n) is 43.1. The summed E-state index contributed by atoms with van der Waals surface area (Å²) in [7, 11) is 0. The Bertz CT molecular complexity index is 2750. The highest BCUT2D eigenvalue weighted by atomic mass is 15.1. The van der Waals surface area contributed by atoms with Crippen LogP contribution in [0.25, 0.3) is 28.0 Å². The molecule has 0 aromatic heterocycles. The lowest BCUT2D eigenvalue weighted by molar-refractivity contribution is 1.05.